The van der Waals surface area contributed by atoms with Gasteiger partial charge in [-0.15, -0.1) is 0 Å². The summed E-state index contributed by atoms with van der Waals surface area (Å²) in [6.45, 7) is 4.31. The first-order valence-corrected chi connectivity index (χ1v) is 7.17. The van der Waals surface area contributed by atoms with Crippen LogP contribution in [0.3, 0.4) is 0 Å². The molecule has 5 nitrogen and oxygen atoms in total. The normalized spacial score (nSPS) is 10.5. The van der Waals surface area contributed by atoms with E-state index in [1.54, 1.807) is 22.9 Å². The number of amides is 2. The maximum absolute atomic E-state index is 12.4. The maximum atomic E-state index is 12.4. The monoisotopic (exact) mass is 312 g/mol. The lowest BCUT2D eigenvalue weighted by Gasteiger charge is -2.31. The molecule has 21 heavy (non-hydrogen) atoms. The lowest BCUT2D eigenvalue weighted by Crippen LogP contribution is -2.45. The van der Waals surface area contributed by atoms with Gasteiger partial charge in [0.1, 0.15) is 0 Å². The van der Waals surface area contributed by atoms with Crippen LogP contribution in [0.15, 0.2) is 24.3 Å². The Balaban J connectivity index is 2.74. The summed E-state index contributed by atoms with van der Waals surface area (Å²) in [5.74, 6) is -0.915. The summed E-state index contributed by atoms with van der Waals surface area (Å²) in [4.78, 5) is 26.2. The highest BCUT2D eigenvalue weighted by Gasteiger charge is 2.21. The highest BCUT2D eigenvalue weighted by Crippen LogP contribution is 2.17. The maximum Gasteiger partial charge on any atom is 0.320 e. The molecule has 0 saturated carbocycles. The van der Waals surface area contributed by atoms with Gasteiger partial charge in [0.25, 0.3) is 0 Å². The molecule has 1 aromatic rings. The van der Waals surface area contributed by atoms with Gasteiger partial charge in [-0.05, 0) is 25.5 Å². The Morgan fingerprint density at radius 2 is 1.90 bits per heavy atom. The van der Waals surface area contributed by atoms with E-state index in [0.717, 1.165) is 5.56 Å². The Labute approximate surface area is 130 Å². The SMILES string of the molecule is CC(C)N(CCC(=O)O)C(=O)N(C)Cc1ccccc1Cl. The Bertz CT molecular complexity index is 505. The second-order valence-electron chi connectivity index (χ2n) is 5.16. The Kier molecular flexibility index (Phi) is 6.49. The quantitative estimate of drug-likeness (QED) is 0.878. The molecule has 2 amide bonds. The van der Waals surface area contributed by atoms with Crippen LogP contribution >= 0.6 is 11.6 Å². The van der Waals surface area contributed by atoms with Crippen LogP contribution in [-0.2, 0) is 11.3 Å². The zero-order chi connectivity index (χ0) is 16.0. The number of carboxylic acids is 1. The van der Waals surface area contributed by atoms with Crippen molar-refractivity contribution in [1.82, 2.24) is 9.80 Å². The lowest BCUT2D eigenvalue weighted by atomic mass is 10.2. The van der Waals surface area contributed by atoms with Gasteiger partial charge in [0.05, 0.1) is 6.42 Å². The zero-order valence-corrected chi connectivity index (χ0v) is 13.3. The first-order chi connectivity index (χ1) is 9.82. The third-order valence-corrected chi connectivity index (χ3v) is 3.50. The van der Waals surface area contributed by atoms with Crippen molar-refractivity contribution in [1.29, 1.82) is 0 Å². The predicted octanol–water partition coefficient (Wildman–Crippen LogP) is 3.08. The molecule has 116 valence electrons. The molecule has 0 saturated heterocycles. The van der Waals surface area contributed by atoms with Crippen LogP contribution in [-0.4, -0.2) is 46.5 Å². The molecule has 0 aliphatic carbocycles. The molecule has 0 radical (unpaired) electrons. The topological polar surface area (TPSA) is 60.9 Å². The van der Waals surface area contributed by atoms with Crippen molar-refractivity contribution in [2.24, 2.45) is 0 Å². The summed E-state index contributed by atoms with van der Waals surface area (Å²) < 4.78 is 0. The minimum Gasteiger partial charge on any atom is -0.481 e. The molecular weight excluding hydrogens is 292 g/mol. The van der Waals surface area contributed by atoms with Crippen LogP contribution in [0, 0.1) is 0 Å². The van der Waals surface area contributed by atoms with Crippen molar-refractivity contribution >= 4 is 23.6 Å². The molecule has 0 atom stereocenters. The summed E-state index contributed by atoms with van der Waals surface area (Å²) in [7, 11) is 1.68. The van der Waals surface area contributed by atoms with Crippen LogP contribution < -0.4 is 0 Å². The fourth-order valence-electron chi connectivity index (χ4n) is 1.96. The number of carboxylic acid groups (broad SMARTS) is 1. The van der Waals surface area contributed by atoms with Crippen LogP contribution in [0.2, 0.25) is 5.02 Å². The first-order valence-electron chi connectivity index (χ1n) is 6.80. The zero-order valence-electron chi connectivity index (χ0n) is 12.5. The number of benzene rings is 1. The smallest absolute Gasteiger partial charge is 0.320 e. The number of aliphatic carboxylic acids is 1. The van der Waals surface area contributed by atoms with Gasteiger partial charge in [-0.1, -0.05) is 29.8 Å². The van der Waals surface area contributed by atoms with Gasteiger partial charge in [0.15, 0.2) is 0 Å². The Hall–Kier alpha value is -1.75. The van der Waals surface area contributed by atoms with E-state index in [9.17, 15) is 9.59 Å². The van der Waals surface area contributed by atoms with E-state index in [-0.39, 0.29) is 25.0 Å². The molecule has 0 aromatic heterocycles. The van der Waals surface area contributed by atoms with Gasteiger partial charge in [0.2, 0.25) is 0 Å². The third-order valence-electron chi connectivity index (χ3n) is 3.13. The highest BCUT2D eigenvalue weighted by atomic mass is 35.5. The number of hydrogen-bond donors (Lipinski definition) is 1. The third kappa shape index (κ3) is 5.27. The van der Waals surface area contributed by atoms with Gasteiger partial charge >= 0.3 is 12.0 Å². The Morgan fingerprint density at radius 1 is 1.29 bits per heavy atom. The van der Waals surface area contributed by atoms with E-state index >= 15 is 0 Å². The number of urea groups is 1. The minimum absolute atomic E-state index is 0.0643. The van der Waals surface area contributed by atoms with Crippen LogP contribution in [0.1, 0.15) is 25.8 Å². The van der Waals surface area contributed by atoms with Crippen molar-refractivity contribution in [2.75, 3.05) is 13.6 Å². The molecular formula is C15H21ClN2O3. The Morgan fingerprint density at radius 3 is 2.43 bits per heavy atom. The summed E-state index contributed by atoms with van der Waals surface area (Å²) >= 11 is 6.09. The van der Waals surface area contributed by atoms with Gasteiger partial charge in [-0.25, -0.2) is 4.79 Å². The summed E-state index contributed by atoms with van der Waals surface area (Å²) in [5.41, 5.74) is 0.858. The molecule has 0 unspecified atom stereocenters. The second kappa shape index (κ2) is 7.88. The summed E-state index contributed by atoms with van der Waals surface area (Å²) in [5, 5.41) is 9.38. The van der Waals surface area contributed by atoms with Crippen LogP contribution in [0.25, 0.3) is 0 Å². The molecule has 0 aliphatic heterocycles. The van der Waals surface area contributed by atoms with Crippen LogP contribution in [0.4, 0.5) is 4.79 Å². The van der Waals surface area contributed by atoms with Gasteiger partial charge < -0.3 is 14.9 Å². The summed E-state index contributed by atoms with van der Waals surface area (Å²) in [6.07, 6.45) is -0.0656. The molecule has 0 spiro atoms. The predicted molar refractivity (Wildman–Crippen MR) is 82.4 cm³/mol. The number of hydrogen-bond acceptors (Lipinski definition) is 2. The van der Waals surface area contributed by atoms with Gasteiger partial charge in [-0.3, -0.25) is 4.79 Å². The molecule has 0 fully saturated rings. The van der Waals surface area contributed by atoms with Crippen molar-refractivity contribution in [2.45, 2.75) is 32.9 Å². The van der Waals surface area contributed by atoms with Crippen molar-refractivity contribution < 1.29 is 14.7 Å². The fourth-order valence-corrected chi connectivity index (χ4v) is 2.16. The molecule has 0 aliphatic rings. The average Bonchev–Trinajstić information content (AvgIpc) is 2.40. The number of carbonyl (C=O) groups excluding carboxylic acids is 1. The van der Waals surface area contributed by atoms with Gasteiger partial charge in [0, 0.05) is 31.2 Å². The number of carbonyl (C=O) groups is 2. The minimum atomic E-state index is -0.915. The fraction of sp³-hybridized carbons (Fsp3) is 0.467. The van der Waals surface area contributed by atoms with Crippen molar-refractivity contribution in [3.8, 4) is 0 Å². The van der Waals surface area contributed by atoms with Crippen molar-refractivity contribution in [3.05, 3.63) is 34.9 Å². The standard InChI is InChI=1S/C15H21ClN2O3/c1-11(2)18(9-8-14(19)20)15(21)17(3)10-12-6-4-5-7-13(12)16/h4-7,11H,8-10H2,1-3H3,(H,19,20). The summed E-state index contributed by atoms with van der Waals surface area (Å²) in [6, 6.07) is 7.07. The molecule has 1 aromatic carbocycles. The van der Waals surface area contributed by atoms with E-state index in [4.69, 9.17) is 16.7 Å². The molecule has 1 N–H and O–H groups in total. The number of halogens is 1. The van der Waals surface area contributed by atoms with Crippen molar-refractivity contribution in [3.63, 3.8) is 0 Å². The molecule has 0 heterocycles. The molecule has 0 bridgehead atoms. The largest absolute Gasteiger partial charge is 0.481 e. The average molecular weight is 313 g/mol. The number of rotatable bonds is 6. The molecule has 1 rings (SSSR count). The first kappa shape index (κ1) is 17.3. The van der Waals surface area contributed by atoms with E-state index in [2.05, 4.69) is 0 Å². The highest BCUT2D eigenvalue weighted by molar-refractivity contribution is 6.31. The van der Waals surface area contributed by atoms with E-state index < -0.39 is 5.97 Å². The molecule has 6 heteroatoms. The van der Waals surface area contributed by atoms with Gasteiger partial charge in [-0.2, -0.15) is 0 Å². The number of nitrogens with zero attached hydrogens (tertiary/aromatic N) is 2. The van der Waals surface area contributed by atoms with E-state index in [0.29, 0.717) is 11.6 Å². The van der Waals surface area contributed by atoms with E-state index in [1.165, 1.54) is 0 Å². The van der Waals surface area contributed by atoms with E-state index in [1.807, 2.05) is 32.0 Å². The second-order valence-corrected chi connectivity index (χ2v) is 5.57. The lowest BCUT2D eigenvalue weighted by molar-refractivity contribution is -0.137. The van der Waals surface area contributed by atoms with Crippen LogP contribution in [0.5, 0.6) is 0 Å².